The first kappa shape index (κ1) is 13.3. The first-order chi connectivity index (χ1) is 8.99. The monoisotopic (exact) mass is 256 g/mol. The van der Waals surface area contributed by atoms with Crippen LogP contribution in [0.25, 0.3) is 0 Å². The van der Waals surface area contributed by atoms with Gasteiger partial charge in [0.1, 0.15) is 18.0 Å². The Hall–Kier alpha value is -2.10. The average molecular weight is 256 g/mol. The third kappa shape index (κ3) is 3.44. The lowest BCUT2D eigenvalue weighted by Gasteiger charge is -2.19. The van der Waals surface area contributed by atoms with Crippen LogP contribution in [-0.4, -0.2) is 17.0 Å². The van der Waals surface area contributed by atoms with Crippen molar-refractivity contribution in [3.63, 3.8) is 0 Å². The van der Waals surface area contributed by atoms with Crippen LogP contribution in [0.4, 0.5) is 17.3 Å². The molecule has 0 radical (unpaired) electrons. The highest BCUT2D eigenvalue weighted by molar-refractivity contribution is 5.59. The predicted octanol–water partition coefficient (Wildman–Crippen LogP) is 3.56. The molecule has 0 aliphatic heterocycles. The van der Waals surface area contributed by atoms with Crippen molar-refractivity contribution in [1.82, 2.24) is 9.97 Å². The molecule has 2 N–H and O–H groups in total. The zero-order valence-electron chi connectivity index (χ0n) is 11.9. The lowest BCUT2D eigenvalue weighted by molar-refractivity contribution is 0.590. The highest BCUT2D eigenvalue weighted by atomic mass is 15.1. The molecule has 4 nitrogen and oxygen atoms in total. The maximum Gasteiger partial charge on any atom is 0.135 e. The minimum atomic E-state index is 0.173. The maximum atomic E-state index is 4.19. The fraction of sp³-hybridized carbons (Fsp3) is 0.333. The Labute approximate surface area is 114 Å². The Bertz CT molecular complexity index is 541. The molecule has 0 aliphatic rings. The van der Waals surface area contributed by atoms with Gasteiger partial charge in [0.05, 0.1) is 0 Å². The van der Waals surface area contributed by atoms with Crippen LogP contribution in [0.3, 0.4) is 0 Å². The van der Waals surface area contributed by atoms with Crippen LogP contribution < -0.4 is 10.6 Å². The van der Waals surface area contributed by atoms with Crippen LogP contribution in [0.15, 0.2) is 36.7 Å². The van der Waals surface area contributed by atoms with E-state index in [-0.39, 0.29) is 5.41 Å². The minimum Gasteiger partial charge on any atom is -0.373 e. The molecule has 1 aromatic heterocycles. The molecular weight excluding hydrogens is 236 g/mol. The van der Waals surface area contributed by atoms with E-state index in [4.69, 9.17) is 0 Å². The van der Waals surface area contributed by atoms with Gasteiger partial charge in [-0.3, -0.25) is 0 Å². The van der Waals surface area contributed by atoms with E-state index in [9.17, 15) is 0 Å². The number of hydrogen-bond donors (Lipinski definition) is 2. The van der Waals surface area contributed by atoms with Crippen molar-refractivity contribution >= 4 is 17.3 Å². The van der Waals surface area contributed by atoms with E-state index in [1.165, 1.54) is 11.9 Å². The quantitative estimate of drug-likeness (QED) is 0.881. The molecule has 0 fully saturated rings. The van der Waals surface area contributed by atoms with E-state index < -0.39 is 0 Å². The molecule has 2 aromatic rings. The number of anilines is 3. The number of rotatable bonds is 3. The molecular formula is C15H20N4. The van der Waals surface area contributed by atoms with Crippen molar-refractivity contribution in [2.75, 3.05) is 17.7 Å². The lowest BCUT2D eigenvalue weighted by atomic mass is 9.87. The van der Waals surface area contributed by atoms with Crippen LogP contribution in [0.5, 0.6) is 0 Å². The summed E-state index contributed by atoms with van der Waals surface area (Å²) in [4.78, 5) is 8.28. The first-order valence-corrected chi connectivity index (χ1v) is 6.36. The summed E-state index contributed by atoms with van der Waals surface area (Å²) in [5.41, 5.74) is 2.51. The molecule has 0 unspecified atom stereocenters. The van der Waals surface area contributed by atoms with E-state index in [1.54, 1.807) is 0 Å². The number of hydrogen-bond acceptors (Lipinski definition) is 4. The summed E-state index contributed by atoms with van der Waals surface area (Å²) in [7, 11) is 1.84. The molecule has 0 spiro atoms. The summed E-state index contributed by atoms with van der Waals surface area (Å²) < 4.78 is 0. The molecule has 1 heterocycles. The summed E-state index contributed by atoms with van der Waals surface area (Å²) in [6.07, 6.45) is 1.54. The number of nitrogens with zero attached hydrogens (tertiary/aromatic N) is 2. The fourth-order valence-corrected chi connectivity index (χ4v) is 1.76. The fourth-order valence-electron chi connectivity index (χ4n) is 1.76. The molecule has 0 atom stereocenters. The van der Waals surface area contributed by atoms with Crippen molar-refractivity contribution in [3.05, 3.63) is 42.2 Å². The number of nitrogens with one attached hydrogen (secondary N) is 2. The van der Waals surface area contributed by atoms with Crippen molar-refractivity contribution in [1.29, 1.82) is 0 Å². The zero-order valence-corrected chi connectivity index (χ0v) is 11.9. The number of benzene rings is 1. The second kappa shape index (κ2) is 5.26. The number of aromatic nitrogens is 2. The molecule has 4 heteroatoms. The van der Waals surface area contributed by atoms with Gasteiger partial charge in [-0.25, -0.2) is 9.97 Å². The summed E-state index contributed by atoms with van der Waals surface area (Å²) in [5.74, 6) is 1.58. The van der Waals surface area contributed by atoms with Gasteiger partial charge < -0.3 is 10.6 Å². The van der Waals surface area contributed by atoms with Crippen molar-refractivity contribution < 1.29 is 0 Å². The Morgan fingerprint density at radius 1 is 0.947 bits per heavy atom. The van der Waals surface area contributed by atoms with Crippen molar-refractivity contribution in [2.24, 2.45) is 0 Å². The van der Waals surface area contributed by atoms with Crippen LogP contribution in [-0.2, 0) is 5.41 Å². The van der Waals surface area contributed by atoms with Gasteiger partial charge in [-0.05, 0) is 23.1 Å². The predicted molar refractivity (Wildman–Crippen MR) is 80.0 cm³/mol. The van der Waals surface area contributed by atoms with Crippen molar-refractivity contribution in [3.8, 4) is 0 Å². The minimum absolute atomic E-state index is 0.173. The molecule has 1 aromatic carbocycles. The molecule has 19 heavy (non-hydrogen) atoms. The molecule has 100 valence electrons. The van der Waals surface area contributed by atoms with Crippen LogP contribution in [0.2, 0.25) is 0 Å². The molecule has 0 amide bonds. The third-order valence-electron chi connectivity index (χ3n) is 2.95. The largest absolute Gasteiger partial charge is 0.373 e. The van der Waals surface area contributed by atoms with Crippen LogP contribution in [0, 0.1) is 0 Å². The van der Waals surface area contributed by atoms with E-state index in [0.717, 1.165) is 17.3 Å². The normalized spacial score (nSPS) is 11.2. The maximum absolute atomic E-state index is 4.19. The smallest absolute Gasteiger partial charge is 0.135 e. The standard InChI is InChI=1S/C15H20N4/c1-15(2,3)11-5-7-12(8-6-11)19-14-9-13(16-4)17-10-18-14/h5-10H,1-4H3,(H2,16,17,18,19). The van der Waals surface area contributed by atoms with Gasteiger partial charge >= 0.3 is 0 Å². The second-order valence-corrected chi connectivity index (χ2v) is 5.49. The molecule has 0 bridgehead atoms. The van der Waals surface area contributed by atoms with Gasteiger partial charge in [-0.2, -0.15) is 0 Å². The van der Waals surface area contributed by atoms with Crippen LogP contribution >= 0.6 is 0 Å². The SMILES string of the molecule is CNc1cc(Nc2ccc(C(C)(C)C)cc2)ncn1. The van der Waals surface area contributed by atoms with Gasteiger partial charge in [-0.15, -0.1) is 0 Å². The van der Waals surface area contributed by atoms with Gasteiger partial charge in [0, 0.05) is 18.8 Å². The summed E-state index contributed by atoms with van der Waals surface area (Å²) >= 11 is 0. The highest BCUT2D eigenvalue weighted by Crippen LogP contribution is 2.24. The van der Waals surface area contributed by atoms with E-state index in [1.807, 2.05) is 13.1 Å². The summed E-state index contributed by atoms with van der Waals surface area (Å²) in [6, 6.07) is 10.3. The van der Waals surface area contributed by atoms with E-state index in [0.29, 0.717) is 0 Å². The second-order valence-electron chi connectivity index (χ2n) is 5.49. The van der Waals surface area contributed by atoms with Gasteiger partial charge in [0.2, 0.25) is 0 Å². The third-order valence-corrected chi connectivity index (χ3v) is 2.95. The van der Waals surface area contributed by atoms with Gasteiger partial charge in [-0.1, -0.05) is 32.9 Å². The van der Waals surface area contributed by atoms with Gasteiger partial charge in [0.25, 0.3) is 0 Å². The first-order valence-electron chi connectivity index (χ1n) is 6.36. The molecule has 0 saturated heterocycles. The van der Waals surface area contributed by atoms with Crippen molar-refractivity contribution in [2.45, 2.75) is 26.2 Å². The van der Waals surface area contributed by atoms with Gasteiger partial charge in [0.15, 0.2) is 0 Å². The Morgan fingerprint density at radius 2 is 1.58 bits per heavy atom. The average Bonchev–Trinajstić information content (AvgIpc) is 2.38. The highest BCUT2D eigenvalue weighted by Gasteiger charge is 2.12. The topological polar surface area (TPSA) is 49.8 Å². The molecule has 0 aliphatic carbocycles. The zero-order chi connectivity index (χ0) is 13.9. The lowest BCUT2D eigenvalue weighted by Crippen LogP contribution is -2.10. The summed E-state index contributed by atoms with van der Waals surface area (Å²) in [5, 5.41) is 6.26. The Balaban J connectivity index is 2.15. The van der Waals surface area contributed by atoms with Crippen LogP contribution in [0.1, 0.15) is 26.3 Å². The molecule has 0 saturated carbocycles. The Kier molecular flexibility index (Phi) is 3.69. The summed E-state index contributed by atoms with van der Waals surface area (Å²) in [6.45, 7) is 6.62. The molecule has 2 rings (SSSR count). The van der Waals surface area contributed by atoms with E-state index in [2.05, 4.69) is 65.6 Å². The van der Waals surface area contributed by atoms with E-state index >= 15 is 0 Å². The Morgan fingerprint density at radius 3 is 2.16 bits per heavy atom.